The highest BCUT2D eigenvalue weighted by molar-refractivity contribution is 6.03. The lowest BCUT2D eigenvalue weighted by molar-refractivity contribution is -0.271. The minimum atomic E-state index is -1.93. The summed E-state index contributed by atoms with van der Waals surface area (Å²) in [6, 6.07) is 25.1. The van der Waals surface area contributed by atoms with E-state index in [-0.39, 0.29) is 30.2 Å². The zero-order valence-corrected chi connectivity index (χ0v) is 25.4. The summed E-state index contributed by atoms with van der Waals surface area (Å²) in [5.74, 6) is -2.81. The van der Waals surface area contributed by atoms with E-state index in [2.05, 4.69) is 0 Å². The number of amides is 1. The molecule has 2 unspecified atom stereocenters. The molecule has 2 heterocycles. The number of nitrogens with zero attached hydrogens (tertiary/aromatic N) is 1. The molecule has 0 aromatic heterocycles. The standard InChI is InChI=1S/C36H34FNO10/c37-22-12-9-19(10-13-22)27(40)16-15-26-29(38(34(26)44)23-6-2-1-3-7-23)25-14-11-21(20-5-4-8-24(39)17-20)18-28(25)47-36-32(43)30(41)31(42)33(48-36)35(45)46/h1-14,17-18,26-27,29-33,36,39-43H,15-16H2,(H,45,46)/t26-,27+,29-,30+,31-,32?,33?,36-/m1/s1. The molecular weight excluding hydrogens is 625 g/mol. The van der Waals surface area contributed by atoms with Crippen LogP contribution in [0.5, 0.6) is 11.5 Å². The van der Waals surface area contributed by atoms with Gasteiger partial charge in [0.15, 0.2) is 6.10 Å². The van der Waals surface area contributed by atoms with Crippen molar-refractivity contribution in [1.29, 1.82) is 0 Å². The van der Waals surface area contributed by atoms with Gasteiger partial charge in [-0.2, -0.15) is 0 Å². The van der Waals surface area contributed by atoms with Crippen LogP contribution >= 0.6 is 0 Å². The lowest BCUT2D eigenvalue weighted by atomic mass is 9.77. The average molecular weight is 660 g/mol. The highest BCUT2D eigenvalue weighted by atomic mass is 19.1. The lowest BCUT2D eigenvalue weighted by Crippen LogP contribution is -2.61. The second-order valence-electron chi connectivity index (χ2n) is 11.9. The number of carboxylic acid groups (broad SMARTS) is 1. The molecule has 2 aliphatic heterocycles. The third-order valence-corrected chi connectivity index (χ3v) is 8.82. The van der Waals surface area contributed by atoms with E-state index in [4.69, 9.17) is 9.47 Å². The van der Waals surface area contributed by atoms with Crippen molar-refractivity contribution < 1.29 is 54.1 Å². The topological polar surface area (TPSA) is 177 Å². The number of anilines is 1. The third kappa shape index (κ3) is 6.48. The Morgan fingerprint density at radius 1 is 0.875 bits per heavy atom. The number of carbonyl (C=O) groups excluding carboxylic acids is 1. The summed E-state index contributed by atoms with van der Waals surface area (Å²) in [6.45, 7) is 0. The van der Waals surface area contributed by atoms with Crippen LogP contribution in [0.1, 0.15) is 36.1 Å². The smallest absolute Gasteiger partial charge is 0.335 e. The summed E-state index contributed by atoms with van der Waals surface area (Å²) in [6.07, 6.45) is -9.88. The number of β-lactam (4-membered cyclic amide) rings is 1. The van der Waals surface area contributed by atoms with Gasteiger partial charge in [0.1, 0.15) is 35.6 Å². The molecule has 12 heteroatoms. The van der Waals surface area contributed by atoms with Gasteiger partial charge in [0.05, 0.1) is 18.1 Å². The molecule has 8 atom stereocenters. The molecule has 0 aliphatic carbocycles. The maximum atomic E-state index is 13.8. The molecule has 250 valence electrons. The van der Waals surface area contributed by atoms with Gasteiger partial charge in [0.25, 0.3) is 0 Å². The van der Waals surface area contributed by atoms with Crippen LogP contribution < -0.4 is 9.64 Å². The van der Waals surface area contributed by atoms with E-state index in [0.29, 0.717) is 27.9 Å². The minimum Gasteiger partial charge on any atom is -0.508 e. The fraction of sp³-hybridized carbons (Fsp3) is 0.278. The van der Waals surface area contributed by atoms with Crippen molar-refractivity contribution in [2.45, 2.75) is 55.7 Å². The van der Waals surface area contributed by atoms with Crippen molar-refractivity contribution in [3.63, 3.8) is 0 Å². The molecule has 48 heavy (non-hydrogen) atoms. The van der Waals surface area contributed by atoms with E-state index >= 15 is 0 Å². The van der Waals surface area contributed by atoms with Crippen LogP contribution in [0.15, 0.2) is 97.1 Å². The Labute approximate surface area is 274 Å². The number of rotatable bonds is 10. The number of aliphatic hydroxyl groups is 4. The average Bonchev–Trinajstić information content (AvgIpc) is 3.08. The van der Waals surface area contributed by atoms with Crippen molar-refractivity contribution in [3.8, 4) is 22.6 Å². The monoisotopic (exact) mass is 659 g/mol. The maximum absolute atomic E-state index is 13.8. The normalized spacial score (nSPS) is 26.1. The molecule has 6 N–H and O–H groups in total. The molecule has 6 rings (SSSR count). The molecule has 0 bridgehead atoms. The number of para-hydroxylation sites is 1. The molecule has 2 saturated heterocycles. The molecule has 11 nitrogen and oxygen atoms in total. The van der Waals surface area contributed by atoms with E-state index in [1.165, 1.54) is 36.4 Å². The van der Waals surface area contributed by atoms with Crippen LogP contribution in [-0.4, -0.2) is 73.2 Å². The molecule has 1 amide bonds. The molecule has 0 radical (unpaired) electrons. The maximum Gasteiger partial charge on any atom is 0.335 e. The number of phenols is 1. The van der Waals surface area contributed by atoms with Crippen molar-refractivity contribution in [1.82, 2.24) is 0 Å². The quantitative estimate of drug-likeness (QED) is 0.138. The molecule has 0 saturated carbocycles. The van der Waals surface area contributed by atoms with Gasteiger partial charge in [-0.1, -0.05) is 54.6 Å². The van der Waals surface area contributed by atoms with Crippen LogP contribution in [0.4, 0.5) is 10.1 Å². The second kappa shape index (κ2) is 13.7. The fourth-order valence-electron chi connectivity index (χ4n) is 6.27. The number of halogens is 1. The van der Waals surface area contributed by atoms with Crippen molar-refractivity contribution in [3.05, 3.63) is 114 Å². The van der Waals surface area contributed by atoms with Gasteiger partial charge in [-0.15, -0.1) is 0 Å². The van der Waals surface area contributed by atoms with Crippen LogP contribution in [0.3, 0.4) is 0 Å². The van der Waals surface area contributed by atoms with Crippen LogP contribution in [0, 0.1) is 11.7 Å². The van der Waals surface area contributed by atoms with Gasteiger partial charge in [0, 0.05) is 11.3 Å². The minimum absolute atomic E-state index is 0.00566. The highest BCUT2D eigenvalue weighted by Gasteiger charge is 2.51. The summed E-state index contributed by atoms with van der Waals surface area (Å²) >= 11 is 0. The number of ether oxygens (including phenoxy) is 2. The molecule has 2 aliphatic rings. The Morgan fingerprint density at radius 3 is 2.27 bits per heavy atom. The van der Waals surface area contributed by atoms with Crippen LogP contribution in [0.25, 0.3) is 11.1 Å². The van der Waals surface area contributed by atoms with Gasteiger partial charge in [0.2, 0.25) is 12.2 Å². The number of phenolic OH excluding ortho intramolecular Hbond substituents is 1. The van der Waals surface area contributed by atoms with Gasteiger partial charge in [-0.05, 0) is 72.0 Å². The zero-order chi connectivity index (χ0) is 34.1. The Morgan fingerprint density at radius 2 is 1.58 bits per heavy atom. The summed E-state index contributed by atoms with van der Waals surface area (Å²) < 4.78 is 25.0. The Hall–Kier alpha value is -4.85. The molecule has 4 aromatic carbocycles. The first-order valence-electron chi connectivity index (χ1n) is 15.4. The molecule has 4 aromatic rings. The first-order chi connectivity index (χ1) is 23.0. The summed E-state index contributed by atoms with van der Waals surface area (Å²) in [5.41, 5.74) is 2.69. The third-order valence-electron chi connectivity index (χ3n) is 8.82. The van der Waals surface area contributed by atoms with Gasteiger partial charge < -0.3 is 45.0 Å². The molecule has 2 fully saturated rings. The van der Waals surface area contributed by atoms with E-state index in [1.54, 1.807) is 65.6 Å². The number of hydrogen-bond donors (Lipinski definition) is 6. The second-order valence-corrected chi connectivity index (χ2v) is 11.9. The predicted octanol–water partition coefficient (Wildman–Crippen LogP) is 3.69. The number of aliphatic hydroxyl groups excluding tert-OH is 4. The Balaban J connectivity index is 1.39. The summed E-state index contributed by atoms with van der Waals surface area (Å²) in [4.78, 5) is 27.1. The number of aliphatic carboxylic acids is 1. The van der Waals surface area contributed by atoms with E-state index in [0.717, 1.165) is 0 Å². The molecule has 0 spiro atoms. The van der Waals surface area contributed by atoms with Crippen molar-refractivity contribution in [2.75, 3.05) is 4.90 Å². The van der Waals surface area contributed by atoms with Crippen molar-refractivity contribution >= 4 is 17.6 Å². The Kier molecular flexibility index (Phi) is 9.45. The van der Waals surface area contributed by atoms with Crippen molar-refractivity contribution in [2.24, 2.45) is 5.92 Å². The molecular formula is C36H34FNO10. The van der Waals surface area contributed by atoms with Crippen LogP contribution in [-0.2, 0) is 14.3 Å². The zero-order valence-electron chi connectivity index (χ0n) is 25.4. The first kappa shape index (κ1) is 33.1. The van der Waals surface area contributed by atoms with Crippen LogP contribution in [0.2, 0.25) is 0 Å². The number of hydrogen-bond acceptors (Lipinski definition) is 9. The Bertz CT molecular complexity index is 1770. The fourth-order valence-corrected chi connectivity index (χ4v) is 6.27. The summed E-state index contributed by atoms with van der Waals surface area (Å²) in [5, 5.41) is 62.0. The van der Waals surface area contributed by atoms with Gasteiger partial charge in [-0.25, -0.2) is 9.18 Å². The van der Waals surface area contributed by atoms with E-state index in [1.807, 2.05) is 0 Å². The number of carboxylic acids is 1. The van der Waals surface area contributed by atoms with E-state index < -0.39 is 60.6 Å². The first-order valence-corrected chi connectivity index (χ1v) is 15.4. The predicted molar refractivity (Wildman–Crippen MR) is 169 cm³/mol. The lowest BCUT2D eigenvalue weighted by Gasteiger charge is -2.48. The number of aromatic hydroxyl groups is 1. The SMILES string of the molecule is O=C(O)C1O[C@@H](Oc2cc(-c3cccc(O)c3)ccc2[C@@H]2[C@@H](CC[C@H](O)c3ccc(F)cc3)C(=O)N2c2ccccc2)C(O)[C@@H](O)[C@H]1O. The number of carbonyl (C=O) groups is 2. The largest absolute Gasteiger partial charge is 0.508 e. The number of benzene rings is 4. The van der Waals surface area contributed by atoms with E-state index in [9.17, 15) is 44.6 Å². The van der Waals surface area contributed by atoms with Gasteiger partial charge in [-0.3, -0.25) is 4.79 Å². The van der Waals surface area contributed by atoms with Gasteiger partial charge >= 0.3 is 5.97 Å². The highest BCUT2D eigenvalue weighted by Crippen LogP contribution is 2.49. The summed E-state index contributed by atoms with van der Waals surface area (Å²) in [7, 11) is 0.